The first-order chi connectivity index (χ1) is 8.19. The van der Waals surface area contributed by atoms with E-state index in [1.165, 1.54) is 18.2 Å². The standard InChI is InChI=1S/C13H13FN2O/c14-12-6-3-10(15)7-13(12)16-11-4-1-9(8-17)2-5-11/h1-7,16-17H,8,15H2. The number of nitrogens with two attached hydrogens (primary N) is 1. The molecule has 2 aromatic rings. The second-order valence-corrected chi connectivity index (χ2v) is 3.72. The van der Waals surface area contributed by atoms with E-state index >= 15 is 0 Å². The summed E-state index contributed by atoms with van der Waals surface area (Å²) in [6.07, 6.45) is 0. The van der Waals surface area contributed by atoms with Crippen molar-refractivity contribution in [1.82, 2.24) is 0 Å². The second kappa shape index (κ2) is 4.84. The molecule has 88 valence electrons. The van der Waals surface area contributed by atoms with Crippen LogP contribution in [-0.2, 0) is 6.61 Å². The molecule has 0 amide bonds. The maximum atomic E-state index is 13.4. The predicted octanol–water partition coefficient (Wildman–Crippen LogP) is 2.64. The van der Waals surface area contributed by atoms with Crippen LogP contribution in [0, 0.1) is 5.82 Å². The van der Waals surface area contributed by atoms with Crippen LogP contribution in [0.2, 0.25) is 0 Å². The molecule has 0 bridgehead atoms. The average Bonchev–Trinajstić information content (AvgIpc) is 2.35. The van der Waals surface area contributed by atoms with Crippen molar-refractivity contribution in [2.24, 2.45) is 0 Å². The molecule has 2 rings (SSSR count). The van der Waals surface area contributed by atoms with Crippen molar-refractivity contribution in [2.75, 3.05) is 11.1 Å². The zero-order chi connectivity index (χ0) is 12.3. The molecule has 3 nitrogen and oxygen atoms in total. The summed E-state index contributed by atoms with van der Waals surface area (Å²) >= 11 is 0. The molecular weight excluding hydrogens is 219 g/mol. The van der Waals surface area contributed by atoms with Gasteiger partial charge in [-0.3, -0.25) is 0 Å². The number of anilines is 3. The molecule has 0 aliphatic carbocycles. The molecule has 0 atom stereocenters. The zero-order valence-corrected chi connectivity index (χ0v) is 9.15. The van der Waals surface area contributed by atoms with E-state index in [1.807, 2.05) is 0 Å². The smallest absolute Gasteiger partial charge is 0.146 e. The Kier molecular flexibility index (Phi) is 3.25. The van der Waals surface area contributed by atoms with Gasteiger partial charge >= 0.3 is 0 Å². The molecule has 0 unspecified atom stereocenters. The van der Waals surface area contributed by atoms with Gasteiger partial charge in [-0.1, -0.05) is 12.1 Å². The second-order valence-electron chi connectivity index (χ2n) is 3.72. The third-order valence-electron chi connectivity index (χ3n) is 2.41. The van der Waals surface area contributed by atoms with Crippen molar-refractivity contribution in [2.45, 2.75) is 6.61 Å². The molecule has 0 heterocycles. The summed E-state index contributed by atoms with van der Waals surface area (Å²) in [5.41, 5.74) is 7.97. The number of benzene rings is 2. The molecular formula is C13H13FN2O. The van der Waals surface area contributed by atoms with Crippen LogP contribution in [0.25, 0.3) is 0 Å². The molecule has 0 aromatic heterocycles. The highest BCUT2D eigenvalue weighted by Crippen LogP contribution is 2.22. The van der Waals surface area contributed by atoms with Crippen LogP contribution in [0.3, 0.4) is 0 Å². The van der Waals surface area contributed by atoms with E-state index in [-0.39, 0.29) is 12.4 Å². The van der Waals surface area contributed by atoms with Crippen LogP contribution >= 0.6 is 0 Å². The van der Waals surface area contributed by atoms with Crippen LogP contribution in [0.15, 0.2) is 42.5 Å². The van der Waals surface area contributed by atoms with E-state index in [0.29, 0.717) is 11.4 Å². The Morgan fingerprint density at radius 3 is 2.47 bits per heavy atom. The van der Waals surface area contributed by atoms with Crippen LogP contribution in [0.1, 0.15) is 5.56 Å². The number of aliphatic hydroxyl groups is 1. The lowest BCUT2D eigenvalue weighted by Crippen LogP contribution is -1.96. The highest BCUT2D eigenvalue weighted by molar-refractivity contribution is 5.64. The third kappa shape index (κ3) is 2.73. The van der Waals surface area contributed by atoms with E-state index in [0.717, 1.165) is 11.3 Å². The van der Waals surface area contributed by atoms with Crippen LogP contribution in [-0.4, -0.2) is 5.11 Å². The molecule has 0 saturated heterocycles. The fraction of sp³-hybridized carbons (Fsp3) is 0.0769. The maximum absolute atomic E-state index is 13.4. The Labute approximate surface area is 98.7 Å². The number of nitrogens with one attached hydrogen (secondary N) is 1. The fourth-order valence-electron chi connectivity index (χ4n) is 1.49. The van der Waals surface area contributed by atoms with E-state index in [2.05, 4.69) is 5.32 Å². The lowest BCUT2D eigenvalue weighted by molar-refractivity contribution is 0.282. The van der Waals surface area contributed by atoms with E-state index < -0.39 is 0 Å². The molecule has 17 heavy (non-hydrogen) atoms. The number of hydrogen-bond acceptors (Lipinski definition) is 3. The minimum absolute atomic E-state index is 0.00702. The highest BCUT2D eigenvalue weighted by atomic mass is 19.1. The average molecular weight is 232 g/mol. The van der Waals surface area contributed by atoms with Gasteiger partial charge in [-0.05, 0) is 35.9 Å². The van der Waals surface area contributed by atoms with Gasteiger partial charge in [0, 0.05) is 11.4 Å². The Morgan fingerprint density at radius 2 is 1.82 bits per heavy atom. The molecule has 4 N–H and O–H groups in total. The molecule has 0 aliphatic rings. The molecule has 0 fully saturated rings. The van der Waals surface area contributed by atoms with Crippen molar-refractivity contribution >= 4 is 17.1 Å². The first-order valence-electron chi connectivity index (χ1n) is 5.21. The summed E-state index contributed by atoms with van der Waals surface area (Å²) in [7, 11) is 0. The zero-order valence-electron chi connectivity index (χ0n) is 9.15. The van der Waals surface area contributed by atoms with Crippen molar-refractivity contribution in [3.05, 3.63) is 53.8 Å². The predicted molar refractivity (Wildman–Crippen MR) is 66.5 cm³/mol. The van der Waals surface area contributed by atoms with Gasteiger partial charge in [0.05, 0.1) is 12.3 Å². The fourth-order valence-corrected chi connectivity index (χ4v) is 1.49. The molecule has 0 spiro atoms. The van der Waals surface area contributed by atoms with Crippen molar-refractivity contribution < 1.29 is 9.50 Å². The molecule has 0 aliphatic heterocycles. The summed E-state index contributed by atoms with van der Waals surface area (Å²) in [6, 6.07) is 11.5. The van der Waals surface area contributed by atoms with Gasteiger partial charge in [0.25, 0.3) is 0 Å². The van der Waals surface area contributed by atoms with Gasteiger partial charge in [-0.2, -0.15) is 0 Å². The largest absolute Gasteiger partial charge is 0.399 e. The van der Waals surface area contributed by atoms with Gasteiger partial charge in [0.15, 0.2) is 0 Å². The normalized spacial score (nSPS) is 10.2. The van der Waals surface area contributed by atoms with Gasteiger partial charge < -0.3 is 16.2 Å². The summed E-state index contributed by atoms with van der Waals surface area (Å²) in [5.74, 6) is -0.356. The number of hydrogen-bond donors (Lipinski definition) is 3. The van der Waals surface area contributed by atoms with Crippen LogP contribution < -0.4 is 11.1 Å². The SMILES string of the molecule is Nc1ccc(F)c(Nc2ccc(CO)cc2)c1. The number of rotatable bonds is 3. The monoisotopic (exact) mass is 232 g/mol. The highest BCUT2D eigenvalue weighted by Gasteiger charge is 2.02. The van der Waals surface area contributed by atoms with Gasteiger partial charge in [-0.25, -0.2) is 4.39 Å². The summed E-state index contributed by atoms with van der Waals surface area (Å²) in [4.78, 5) is 0. The number of nitrogen functional groups attached to an aromatic ring is 1. The lowest BCUT2D eigenvalue weighted by atomic mass is 10.2. The minimum Gasteiger partial charge on any atom is -0.399 e. The number of halogens is 1. The van der Waals surface area contributed by atoms with Gasteiger partial charge in [0.2, 0.25) is 0 Å². The van der Waals surface area contributed by atoms with Gasteiger partial charge in [0.1, 0.15) is 5.82 Å². The first-order valence-corrected chi connectivity index (χ1v) is 5.21. The Bertz CT molecular complexity index is 511. The molecule has 2 aromatic carbocycles. The van der Waals surface area contributed by atoms with Crippen molar-refractivity contribution in [1.29, 1.82) is 0 Å². The van der Waals surface area contributed by atoms with Crippen molar-refractivity contribution in [3.63, 3.8) is 0 Å². The van der Waals surface area contributed by atoms with Crippen LogP contribution in [0.4, 0.5) is 21.5 Å². The summed E-state index contributed by atoms with van der Waals surface area (Å²) in [5, 5.41) is 11.8. The lowest BCUT2D eigenvalue weighted by Gasteiger charge is -2.08. The molecule has 4 heteroatoms. The van der Waals surface area contributed by atoms with E-state index in [1.54, 1.807) is 24.3 Å². The van der Waals surface area contributed by atoms with E-state index in [4.69, 9.17) is 10.8 Å². The first kappa shape index (κ1) is 11.4. The number of aliphatic hydroxyl groups excluding tert-OH is 1. The minimum atomic E-state index is -0.356. The molecule has 0 radical (unpaired) electrons. The Morgan fingerprint density at radius 1 is 1.12 bits per heavy atom. The van der Waals surface area contributed by atoms with Gasteiger partial charge in [-0.15, -0.1) is 0 Å². The van der Waals surface area contributed by atoms with Crippen molar-refractivity contribution in [3.8, 4) is 0 Å². The topological polar surface area (TPSA) is 58.3 Å². The van der Waals surface area contributed by atoms with E-state index in [9.17, 15) is 4.39 Å². The maximum Gasteiger partial charge on any atom is 0.146 e. The summed E-state index contributed by atoms with van der Waals surface area (Å²) in [6.45, 7) is -0.00702. The third-order valence-corrected chi connectivity index (χ3v) is 2.41. The Balaban J connectivity index is 2.22. The Hall–Kier alpha value is -2.07. The summed E-state index contributed by atoms with van der Waals surface area (Å²) < 4.78 is 13.4. The van der Waals surface area contributed by atoms with Crippen LogP contribution in [0.5, 0.6) is 0 Å². The molecule has 0 saturated carbocycles. The quantitative estimate of drug-likeness (QED) is 0.713.